The van der Waals surface area contributed by atoms with E-state index in [0.29, 0.717) is 11.7 Å². The third-order valence-corrected chi connectivity index (χ3v) is 4.91. The first-order chi connectivity index (χ1) is 10.7. The molecule has 1 aliphatic rings. The number of aryl methyl sites for hydroxylation is 2. The molecule has 0 aliphatic heterocycles. The fourth-order valence-electron chi connectivity index (χ4n) is 3.65. The predicted octanol–water partition coefficient (Wildman–Crippen LogP) is 4.52. The van der Waals surface area contributed by atoms with Crippen LogP contribution >= 0.6 is 0 Å². The van der Waals surface area contributed by atoms with Gasteiger partial charge in [-0.2, -0.15) is 0 Å². The molecule has 0 unspecified atom stereocenters. The Morgan fingerprint density at radius 1 is 1.05 bits per heavy atom. The number of hydrogen-bond acceptors (Lipinski definition) is 2. The van der Waals surface area contributed by atoms with E-state index >= 15 is 0 Å². The van der Waals surface area contributed by atoms with Gasteiger partial charge in [0.15, 0.2) is 0 Å². The summed E-state index contributed by atoms with van der Waals surface area (Å²) >= 11 is 0. The van der Waals surface area contributed by atoms with E-state index in [0.717, 1.165) is 24.8 Å². The van der Waals surface area contributed by atoms with Crippen molar-refractivity contribution in [2.24, 2.45) is 0 Å². The van der Waals surface area contributed by atoms with Crippen molar-refractivity contribution in [2.45, 2.75) is 32.1 Å². The molecule has 0 amide bonds. The molecule has 1 aromatic heterocycles. The Balaban J connectivity index is 1.76. The second kappa shape index (κ2) is 5.13. The zero-order chi connectivity index (χ0) is 15.1. The van der Waals surface area contributed by atoms with Crippen molar-refractivity contribution < 1.29 is 5.11 Å². The molecule has 3 aromatic rings. The van der Waals surface area contributed by atoms with E-state index in [2.05, 4.69) is 43.3 Å². The Hall–Kier alpha value is -2.35. The maximum Gasteiger partial charge on any atom is 0.115 e. The van der Waals surface area contributed by atoms with Crippen LogP contribution in [0.5, 0.6) is 5.75 Å². The van der Waals surface area contributed by atoms with Crippen molar-refractivity contribution in [1.82, 2.24) is 4.98 Å². The van der Waals surface area contributed by atoms with E-state index in [-0.39, 0.29) is 0 Å². The van der Waals surface area contributed by atoms with E-state index in [1.165, 1.54) is 27.8 Å². The van der Waals surface area contributed by atoms with Crippen LogP contribution in [-0.2, 0) is 12.8 Å². The van der Waals surface area contributed by atoms with Crippen LogP contribution in [0.4, 0.5) is 0 Å². The molecule has 1 heterocycles. The van der Waals surface area contributed by atoms with Gasteiger partial charge in [-0.15, -0.1) is 0 Å². The summed E-state index contributed by atoms with van der Waals surface area (Å²) in [6, 6.07) is 16.1. The van der Waals surface area contributed by atoms with Gasteiger partial charge in [0.2, 0.25) is 0 Å². The molecule has 1 atom stereocenters. The Kier molecular flexibility index (Phi) is 3.11. The largest absolute Gasteiger partial charge is 0.508 e. The molecule has 0 saturated heterocycles. The number of para-hydroxylation sites is 1. The fraction of sp³-hybridized carbons (Fsp3) is 0.250. The maximum atomic E-state index is 9.47. The molecule has 2 aromatic carbocycles. The summed E-state index contributed by atoms with van der Waals surface area (Å²) in [6.07, 6.45) is 3.21. The lowest BCUT2D eigenvalue weighted by molar-refractivity contribution is 0.474. The Labute approximate surface area is 130 Å². The molecule has 0 bridgehead atoms. The lowest BCUT2D eigenvalue weighted by Gasteiger charge is -2.26. The lowest BCUT2D eigenvalue weighted by Crippen LogP contribution is -2.15. The minimum Gasteiger partial charge on any atom is -0.508 e. The summed E-state index contributed by atoms with van der Waals surface area (Å²) in [5.74, 6) is 0.860. The SMILES string of the molecule is Cc1c2c(nc3ccccc13)CC[C@@H](c1ccc(O)cc1)C2. The minimum atomic E-state index is 0.337. The second-order valence-corrected chi connectivity index (χ2v) is 6.21. The first-order valence-electron chi connectivity index (χ1n) is 7.88. The highest BCUT2D eigenvalue weighted by Crippen LogP contribution is 2.36. The van der Waals surface area contributed by atoms with Gasteiger partial charge in [0.25, 0.3) is 0 Å². The molecular formula is C20H19NO. The molecule has 2 heteroatoms. The first-order valence-corrected chi connectivity index (χ1v) is 7.88. The number of fused-ring (bicyclic) bond motifs is 2. The van der Waals surface area contributed by atoms with E-state index < -0.39 is 0 Å². The van der Waals surface area contributed by atoms with Crippen LogP contribution in [0.3, 0.4) is 0 Å². The van der Waals surface area contributed by atoms with Crippen molar-refractivity contribution in [3.63, 3.8) is 0 Å². The van der Waals surface area contributed by atoms with E-state index in [4.69, 9.17) is 4.98 Å². The zero-order valence-electron chi connectivity index (χ0n) is 12.7. The van der Waals surface area contributed by atoms with E-state index in [1.807, 2.05) is 0 Å². The van der Waals surface area contributed by atoms with E-state index in [9.17, 15) is 5.11 Å². The number of aromatic hydroxyl groups is 1. The van der Waals surface area contributed by atoms with Crippen LogP contribution in [-0.4, -0.2) is 10.1 Å². The first kappa shape index (κ1) is 13.3. The van der Waals surface area contributed by atoms with Crippen molar-refractivity contribution in [3.05, 3.63) is 70.9 Å². The smallest absolute Gasteiger partial charge is 0.115 e. The molecule has 0 saturated carbocycles. The minimum absolute atomic E-state index is 0.337. The maximum absolute atomic E-state index is 9.47. The predicted molar refractivity (Wildman–Crippen MR) is 89.4 cm³/mol. The number of aromatic nitrogens is 1. The van der Waals surface area contributed by atoms with Crippen LogP contribution in [0.2, 0.25) is 0 Å². The Morgan fingerprint density at radius 2 is 1.82 bits per heavy atom. The van der Waals surface area contributed by atoms with Crippen LogP contribution < -0.4 is 0 Å². The van der Waals surface area contributed by atoms with Gasteiger partial charge in [0.1, 0.15) is 5.75 Å². The highest BCUT2D eigenvalue weighted by atomic mass is 16.3. The van der Waals surface area contributed by atoms with Gasteiger partial charge in [-0.1, -0.05) is 30.3 Å². The molecule has 1 aliphatic carbocycles. The second-order valence-electron chi connectivity index (χ2n) is 6.21. The molecular weight excluding hydrogens is 270 g/mol. The molecule has 0 fully saturated rings. The number of hydrogen-bond donors (Lipinski definition) is 1. The van der Waals surface area contributed by atoms with Crippen molar-refractivity contribution in [2.75, 3.05) is 0 Å². The number of phenolic OH excluding ortho intramolecular Hbond substituents is 1. The number of rotatable bonds is 1. The van der Waals surface area contributed by atoms with Crippen molar-refractivity contribution in [1.29, 1.82) is 0 Å². The van der Waals surface area contributed by atoms with Gasteiger partial charge in [-0.05, 0) is 67.0 Å². The molecule has 1 N–H and O–H groups in total. The van der Waals surface area contributed by atoms with Gasteiger partial charge in [-0.25, -0.2) is 0 Å². The van der Waals surface area contributed by atoms with Gasteiger partial charge in [-0.3, -0.25) is 4.98 Å². The van der Waals surface area contributed by atoms with Gasteiger partial charge >= 0.3 is 0 Å². The van der Waals surface area contributed by atoms with Gasteiger partial charge in [0, 0.05) is 11.1 Å². The summed E-state index contributed by atoms with van der Waals surface area (Å²) in [7, 11) is 0. The summed E-state index contributed by atoms with van der Waals surface area (Å²) in [4.78, 5) is 4.88. The van der Waals surface area contributed by atoms with Crippen molar-refractivity contribution >= 4 is 10.9 Å². The van der Waals surface area contributed by atoms with Crippen LogP contribution in [0.25, 0.3) is 10.9 Å². The quantitative estimate of drug-likeness (QED) is 0.714. The van der Waals surface area contributed by atoms with Crippen LogP contribution in [0.1, 0.15) is 34.7 Å². The zero-order valence-corrected chi connectivity index (χ0v) is 12.7. The van der Waals surface area contributed by atoms with Gasteiger partial charge < -0.3 is 5.11 Å². The number of phenols is 1. The fourth-order valence-corrected chi connectivity index (χ4v) is 3.65. The topological polar surface area (TPSA) is 33.1 Å². The monoisotopic (exact) mass is 289 g/mol. The molecule has 2 nitrogen and oxygen atoms in total. The van der Waals surface area contributed by atoms with Gasteiger partial charge in [0.05, 0.1) is 5.52 Å². The highest BCUT2D eigenvalue weighted by Gasteiger charge is 2.23. The van der Waals surface area contributed by atoms with Crippen LogP contribution in [0.15, 0.2) is 48.5 Å². The highest BCUT2D eigenvalue weighted by molar-refractivity contribution is 5.83. The molecule has 0 radical (unpaired) electrons. The number of nitrogens with zero attached hydrogens (tertiary/aromatic N) is 1. The number of benzene rings is 2. The summed E-state index contributed by atoms with van der Waals surface area (Å²) in [5, 5.41) is 10.7. The molecule has 0 spiro atoms. The van der Waals surface area contributed by atoms with Crippen molar-refractivity contribution in [3.8, 4) is 5.75 Å². The van der Waals surface area contributed by atoms with Crippen LogP contribution in [0, 0.1) is 6.92 Å². The van der Waals surface area contributed by atoms with E-state index in [1.54, 1.807) is 12.1 Å². The number of pyridine rings is 1. The lowest BCUT2D eigenvalue weighted by atomic mass is 9.80. The molecule has 110 valence electrons. The standard InChI is InChI=1S/C20H19NO/c1-13-17-4-2-3-5-19(17)21-20-11-8-15(12-18(13)20)14-6-9-16(22)10-7-14/h2-7,9-10,15,22H,8,11-12H2,1H3/t15-/m1/s1. The summed E-state index contributed by atoms with van der Waals surface area (Å²) < 4.78 is 0. The summed E-state index contributed by atoms with van der Waals surface area (Å²) in [6.45, 7) is 2.22. The Bertz CT molecular complexity index is 836. The Morgan fingerprint density at radius 3 is 2.64 bits per heavy atom. The summed E-state index contributed by atoms with van der Waals surface area (Å²) in [5.41, 5.74) is 6.50. The third kappa shape index (κ3) is 2.16. The average molecular weight is 289 g/mol. The average Bonchev–Trinajstić information content (AvgIpc) is 2.56. The molecule has 4 rings (SSSR count). The molecule has 22 heavy (non-hydrogen) atoms. The normalized spacial score (nSPS) is 17.4. The third-order valence-electron chi connectivity index (χ3n) is 4.91.